The Hall–Kier alpha value is -2.30. The van der Waals surface area contributed by atoms with E-state index in [4.69, 9.17) is 4.74 Å². The first-order valence-electron chi connectivity index (χ1n) is 6.21. The summed E-state index contributed by atoms with van der Waals surface area (Å²) in [6.07, 6.45) is 2.08. The molecule has 0 fully saturated rings. The van der Waals surface area contributed by atoms with Crippen molar-refractivity contribution in [2.75, 3.05) is 11.9 Å². The summed E-state index contributed by atoms with van der Waals surface area (Å²) in [6.45, 7) is 2.08. The maximum absolute atomic E-state index is 11.7. The molecule has 0 saturated carbocycles. The van der Waals surface area contributed by atoms with E-state index < -0.39 is 0 Å². The molecule has 2 aromatic rings. The molecule has 0 spiro atoms. The molecule has 2 rings (SSSR count). The molecule has 0 unspecified atom stereocenters. The number of nitrogens with one attached hydrogen (secondary N) is 2. The summed E-state index contributed by atoms with van der Waals surface area (Å²) in [5, 5.41) is 3.79. The number of aromatic nitrogens is 1. The van der Waals surface area contributed by atoms with Gasteiger partial charge in [0, 0.05) is 29.2 Å². The number of H-pyrrole nitrogens is 1. The zero-order chi connectivity index (χ0) is 13.7. The Bertz CT molecular complexity index is 589. The van der Waals surface area contributed by atoms with Gasteiger partial charge in [0.1, 0.15) is 0 Å². The van der Waals surface area contributed by atoms with Crippen LogP contribution in [-0.2, 0) is 14.3 Å². The molecule has 100 valence electrons. The van der Waals surface area contributed by atoms with Crippen molar-refractivity contribution in [3.05, 3.63) is 30.5 Å². The van der Waals surface area contributed by atoms with Gasteiger partial charge in [-0.25, -0.2) is 0 Å². The fourth-order valence-electron chi connectivity index (χ4n) is 1.80. The second-order valence-corrected chi connectivity index (χ2v) is 4.13. The van der Waals surface area contributed by atoms with Gasteiger partial charge < -0.3 is 15.0 Å². The number of esters is 1. The third-order valence-corrected chi connectivity index (χ3v) is 2.70. The molecule has 0 atom stereocenters. The predicted octanol–water partition coefficient (Wildman–Crippen LogP) is 2.45. The number of rotatable bonds is 5. The fourth-order valence-corrected chi connectivity index (χ4v) is 1.80. The van der Waals surface area contributed by atoms with Crippen molar-refractivity contribution in [1.29, 1.82) is 0 Å². The van der Waals surface area contributed by atoms with E-state index in [1.165, 1.54) is 0 Å². The Morgan fingerprint density at radius 1 is 1.26 bits per heavy atom. The van der Waals surface area contributed by atoms with E-state index in [1.54, 1.807) is 6.92 Å². The normalized spacial score (nSPS) is 10.4. The minimum absolute atomic E-state index is 0.103. The van der Waals surface area contributed by atoms with E-state index in [9.17, 15) is 9.59 Å². The van der Waals surface area contributed by atoms with Gasteiger partial charge in [0.15, 0.2) is 0 Å². The highest BCUT2D eigenvalue weighted by Crippen LogP contribution is 2.17. The number of amides is 1. The molecule has 1 heterocycles. The number of anilines is 1. The maximum atomic E-state index is 11.7. The molecule has 0 radical (unpaired) electrons. The number of hydrogen-bond acceptors (Lipinski definition) is 3. The molecule has 19 heavy (non-hydrogen) atoms. The largest absolute Gasteiger partial charge is 0.466 e. The van der Waals surface area contributed by atoms with Crippen LogP contribution in [0.5, 0.6) is 0 Å². The lowest BCUT2D eigenvalue weighted by Crippen LogP contribution is -2.14. The fraction of sp³-hybridized carbons (Fsp3) is 0.286. The van der Waals surface area contributed by atoms with Gasteiger partial charge in [0.2, 0.25) is 5.91 Å². The van der Waals surface area contributed by atoms with E-state index in [1.807, 2.05) is 30.5 Å². The highest BCUT2D eigenvalue weighted by Gasteiger charge is 2.08. The average molecular weight is 260 g/mol. The molecule has 2 N–H and O–H groups in total. The zero-order valence-corrected chi connectivity index (χ0v) is 10.7. The van der Waals surface area contributed by atoms with Crippen molar-refractivity contribution in [2.24, 2.45) is 0 Å². The first-order chi connectivity index (χ1) is 9.19. The SMILES string of the molecule is CCOC(=O)CCC(=O)Nc1ccc2[nH]ccc2c1. The lowest BCUT2D eigenvalue weighted by Gasteiger charge is -2.05. The summed E-state index contributed by atoms with van der Waals surface area (Å²) >= 11 is 0. The molecular weight excluding hydrogens is 244 g/mol. The summed E-state index contributed by atoms with van der Waals surface area (Å²) < 4.78 is 4.77. The minimum Gasteiger partial charge on any atom is -0.466 e. The van der Waals surface area contributed by atoms with Gasteiger partial charge in [-0.2, -0.15) is 0 Å². The van der Waals surface area contributed by atoms with E-state index in [2.05, 4.69) is 10.3 Å². The van der Waals surface area contributed by atoms with Crippen LogP contribution in [0.4, 0.5) is 5.69 Å². The van der Waals surface area contributed by atoms with Gasteiger partial charge >= 0.3 is 5.97 Å². The van der Waals surface area contributed by atoms with E-state index in [-0.39, 0.29) is 24.7 Å². The molecule has 1 aromatic carbocycles. The number of hydrogen-bond donors (Lipinski definition) is 2. The van der Waals surface area contributed by atoms with Crippen molar-refractivity contribution in [3.63, 3.8) is 0 Å². The van der Waals surface area contributed by atoms with Gasteiger partial charge in [-0.05, 0) is 31.2 Å². The van der Waals surface area contributed by atoms with Crippen molar-refractivity contribution in [3.8, 4) is 0 Å². The molecule has 5 heteroatoms. The van der Waals surface area contributed by atoms with Gasteiger partial charge in [-0.1, -0.05) is 0 Å². The number of aromatic amines is 1. The number of benzene rings is 1. The maximum Gasteiger partial charge on any atom is 0.306 e. The van der Waals surface area contributed by atoms with Crippen LogP contribution in [0.1, 0.15) is 19.8 Å². The lowest BCUT2D eigenvalue weighted by atomic mass is 10.2. The number of carbonyl (C=O) groups is 2. The van der Waals surface area contributed by atoms with Crippen molar-refractivity contribution in [1.82, 2.24) is 4.98 Å². The molecule has 1 aromatic heterocycles. The van der Waals surface area contributed by atoms with Crippen molar-refractivity contribution in [2.45, 2.75) is 19.8 Å². The second-order valence-electron chi connectivity index (χ2n) is 4.13. The molecular formula is C14H16N2O3. The summed E-state index contributed by atoms with van der Waals surface area (Å²) in [5.41, 5.74) is 1.74. The summed E-state index contributed by atoms with van der Waals surface area (Å²) in [5.74, 6) is -0.540. The minimum atomic E-state index is -0.348. The molecule has 5 nitrogen and oxygen atoms in total. The third kappa shape index (κ3) is 3.58. The monoisotopic (exact) mass is 260 g/mol. The topological polar surface area (TPSA) is 71.2 Å². The van der Waals surface area contributed by atoms with Crippen LogP contribution in [0.25, 0.3) is 10.9 Å². The quantitative estimate of drug-likeness (QED) is 0.811. The molecule has 1 amide bonds. The van der Waals surface area contributed by atoms with Crippen molar-refractivity contribution < 1.29 is 14.3 Å². The van der Waals surface area contributed by atoms with Crippen LogP contribution < -0.4 is 5.32 Å². The highest BCUT2D eigenvalue weighted by atomic mass is 16.5. The van der Waals surface area contributed by atoms with Crippen LogP contribution in [0.3, 0.4) is 0 Å². The zero-order valence-electron chi connectivity index (χ0n) is 10.7. The number of carbonyl (C=O) groups excluding carboxylic acids is 2. The lowest BCUT2D eigenvalue weighted by molar-refractivity contribution is -0.144. The van der Waals surface area contributed by atoms with Crippen LogP contribution in [0, 0.1) is 0 Å². The van der Waals surface area contributed by atoms with Crippen LogP contribution in [0.2, 0.25) is 0 Å². The first-order valence-corrected chi connectivity index (χ1v) is 6.21. The third-order valence-electron chi connectivity index (χ3n) is 2.70. The van der Waals surface area contributed by atoms with E-state index in [0.29, 0.717) is 6.61 Å². The summed E-state index contributed by atoms with van der Waals surface area (Å²) in [6, 6.07) is 7.54. The molecule has 0 bridgehead atoms. The van der Waals surface area contributed by atoms with Crippen LogP contribution >= 0.6 is 0 Å². The Kier molecular flexibility index (Phi) is 4.18. The first kappa shape index (κ1) is 13.1. The van der Waals surface area contributed by atoms with Gasteiger partial charge in [-0.3, -0.25) is 9.59 Å². The van der Waals surface area contributed by atoms with Gasteiger partial charge in [-0.15, -0.1) is 0 Å². The second kappa shape index (κ2) is 6.04. The Morgan fingerprint density at radius 3 is 2.89 bits per heavy atom. The summed E-state index contributed by atoms with van der Waals surface area (Å²) in [4.78, 5) is 25.9. The van der Waals surface area contributed by atoms with E-state index >= 15 is 0 Å². The van der Waals surface area contributed by atoms with Crippen LogP contribution in [0.15, 0.2) is 30.5 Å². The molecule has 0 saturated heterocycles. The number of fused-ring (bicyclic) bond motifs is 1. The standard InChI is InChI=1S/C14H16N2O3/c1-2-19-14(18)6-5-13(17)16-11-3-4-12-10(9-11)7-8-15-12/h3-4,7-9,15H,2,5-6H2,1H3,(H,16,17). The van der Waals surface area contributed by atoms with Crippen molar-refractivity contribution >= 4 is 28.5 Å². The molecule has 0 aliphatic heterocycles. The number of ether oxygens (including phenoxy) is 1. The predicted molar refractivity (Wildman–Crippen MR) is 72.8 cm³/mol. The molecule has 0 aliphatic rings. The van der Waals surface area contributed by atoms with Gasteiger partial charge in [0.05, 0.1) is 13.0 Å². The van der Waals surface area contributed by atoms with E-state index in [0.717, 1.165) is 16.6 Å². The smallest absolute Gasteiger partial charge is 0.306 e. The van der Waals surface area contributed by atoms with Gasteiger partial charge in [0.25, 0.3) is 0 Å². The summed E-state index contributed by atoms with van der Waals surface area (Å²) in [7, 11) is 0. The Morgan fingerprint density at radius 2 is 2.11 bits per heavy atom. The average Bonchev–Trinajstić information content (AvgIpc) is 2.84. The Labute approximate surface area is 110 Å². The molecule has 0 aliphatic carbocycles. The Balaban J connectivity index is 1.89. The van der Waals surface area contributed by atoms with Crippen LogP contribution in [-0.4, -0.2) is 23.5 Å². The highest BCUT2D eigenvalue weighted by molar-refractivity contribution is 5.95.